The number of hydrogen-bond donors (Lipinski definition) is 1. The van der Waals surface area contributed by atoms with Crippen molar-refractivity contribution in [2.45, 2.75) is 25.7 Å². The van der Waals surface area contributed by atoms with Gasteiger partial charge >= 0.3 is 0 Å². The molecule has 0 fully saturated rings. The number of anilines is 1. The van der Waals surface area contributed by atoms with E-state index in [0.29, 0.717) is 4.47 Å². The summed E-state index contributed by atoms with van der Waals surface area (Å²) in [7, 11) is -3.69. The number of rotatable bonds is 4. The molecule has 0 atom stereocenters. The first-order valence-electron chi connectivity index (χ1n) is 7.69. The molecule has 0 saturated heterocycles. The van der Waals surface area contributed by atoms with Gasteiger partial charge in [-0.15, -0.1) is 5.10 Å². The van der Waals surface area contributed by atoms with Gasteiger partial charge in [-0.05, 0) is 60.0 Å². The highest BCUT2D eigenvalue weighted by Gasteiger charge is 2.19. The second-order valence-electron chi connectivity index (χ2n) is 5.94. The highest BCUT2D eigenvalue weighted by molar-refractivity contribution is 9.10. The minimum Gasteiger partial charge on any atom is -0.261 e. The van der Waals surface area contributed by atoms with Crippen LogP contribution < -0.4 is 4.72 Å². The fourth-order valence-corrected chi connectivity index (χ4v) is 4.40. The molecule has 0 radical (unpaired) electrons. The number of nitrogens with one attached hydrogen (secondary N) is 1. The normalized spacial score (nSPS) is 11.5. The first kappa shape index (κ1) is 17.7. The molecule has 0 spiro atoms. The molecule has 25 heavy (non-hydrogen) atoms. The van der Waals surface area contributed by atoms with Crippen LogP contribution in [-0.2, 0) is 10.0 Å². The molecule has 7 heteroatoms. The zero-order valence-corrected chi connectivity index (χ0v) is 16.5. The van der Waals surface area contributed by atoms with Crippen molar-refractivity contribution >= 4 is 31.8 Å². The van der Waals surface area contributed by atoms with Gasteiger partial charge in [-0.2, -0.15) is 0 Å². The topological polar surface area (TPSA) is 64.0 Å². The highest BCUT2D eigenvalue weighted by atomic mass is 79.9. The quantitative estimate of drug-likeness (QED) is 0.682. The van der Waals surface area contributed by atoms with E-state index >= 15 is 0 Å². The first-order valence-corrected chi connectivity index (χ1v) is 9.97. The summed E-state index contributed by atoms with van der Waals surface area (Å²) in [6.07, 6.45) is 1.76. The summed E-state index contributed by atoms with van der Waals surface area (Å²) in [5, 5.41) is 4.42. The van der Waals surface area contributed by atoms with E-state index in [9.17, 15) is 8.42 Å². The lowest BCUT2D eigenvalue weighted by Crippen LogP contribution is -2.14. The van der Waals surface area contributed by atoms with Gasteiger partial charge < -0.3 is 0 Å². The van der Waals surface area contributed by atoms with E-state index < -0.39 is 10.0 Å². The molecule has 1 N–H and O–H groups in total. The summed E-state index contributed by atoms with van der Waals surface area (Å²) in [6, 6.07) is 12.4. The third kappa shape index (κ3) is 3.62. The van der Waals surface area contributed by atoms with Crippen LogP contribution in [0.15, 0.2) is 58.0 Å². The Labute approximate surface area is 155 Å². The summed E-state index contributed by atoms with van der Waals surface area (Å²) >= 11 is 3.39. The number of sulfonamides is 1. The van der Waals surface area contributed by atoms with E-state index in [0.717, 1.165) is 16.8 Å². The molecule has 0 saturated carbocycles. The van der Waals surface area contributed by atoms with Crippen molar-refractivity contribution in [1.82, 2.24) is 9.78 Å². The molecule has 0 aliphatic carbocycles. The first-order chi connectivity index (χ1) is 11.8. The van der Waals surface area contributed by atoms with Gasteiger partial charge in [0.15, 0.2) is 5.82 Å². The maximum absolute atomic E-state index is 12.5. The van der Waals surface area contributed by atoms with Crippen LogP contribution in [0.2, 0.25) is 0 Å². The Bertz CT molecular complexity index is 1000. The molecule has 0 aliphatic heterocycles. The Hall–Kier alpha value is -2.12. The van der Waals surface area contributed by atoms with Gasteiger partial charge in [0, 0.05) is 6.20 Å². The van der Waals surface area contributed by atoms with Gasteiger partial charge in [-0.3, -0.25) is 4.72 Å². The summed E-state index contributed by atoms with van der Waals surface area (Å²) in [5.41, 5.74) is 4.27. The third-order valence-electron chi connectivity index (χ3n) is 3.82. The second kappa shape index (κ2) is 6.65. The van der Waals surface area contributed by atoms with Gasteiger partial charge in [0.2, 0.25) is 0 Å². The van der Waals surface area contributed by atoms with Gasteiger partial charge in [-0.25, -0.2) is 13.1 Å². The molecule has 0 unspecified atom stereocenters. The number of benzene rings is 2. The Morgan fingerprint density at radius 3 is 2.24 bits per heavy atom. The smallest absolute Gasteiger partial charge is 0.261 e. The summed E-state index contributed by atoms with van der Waals surface area (Å²) in [5.74, 6) is 0.253. The van der Waals surface area contributed by atoms with E-state index in [4.69, 9.17) is 0 Å². The minimum absolute atomic E-state index is 0.194. The molecule has 3 aromatic rings. The Balaban J connectivity index is 2.00. The maximum Gasteiger partial charge on any atom is 0.263 e. The van der Waals surface area contributed by atoms with Crippen LogP contribution in [0.1, 0.15) is 16.7 Å². The van der Waals surface area contributed by atoms with E-state index in [-0.39, 0.29) is 10.7 Å². The zero-order chi connectivity index (χ0) is 18.2. The lowest BCUT2D eigenvalue weighted by atomic mass is 10.1. The van der Waals surface area contributed by atoms with Crippen molar-refractivity contribution < 1.29 is 8.42 Å². The minimum atomic E-state index is -3.69. The standard InChI is InChI=1S/C18H18BrN3O2S/c1-12-9-13(2)17(14(3)10-12)22-11-16(19)18(20-22)21-25(23,24)15-7-5-4-6-8-15/h4-11H,1-3H3,(H,20,21). The second-order valence-corrected chi connectivity index (χ2v) is 8.47. The van der Waals surface area contributed by atoms with Gasteiger partial charge in [0.25, 0.3) is 10.0 Å². The maximum atomic E-state index is 12.5. The number of aromatic nitrogens is 2. The number of halogens is 1. The largest absolute Gasteiger partial charge is 0.263 e. The highest BCUT2D eigenvalue weighted by Crippen LogP contribution is 2.28. The Morgan fingerprint density at radius 2 is 1.64 bits per heavy atom. The zero-order valence-electron chi connectivity index (χ0n) is 14.1. The molecule has 5 nitrogen and oxygen atoms in total. The molecule has 0 amide bonds. The molecule has 1 heterocycles. The summed E-state index contributed by atoms with van der Waals surface area (Å²) in [6.45, 7) is 6.07. The van der Waals surface area contributed by atoms with Crippen LogP contribution in [0.3, 0.4) is 0 Å². The van der Waals surface area contributed by atoms with Crippen LogP contribution >= 0.6 is 15.9 Å². The molecular formula is C18H18BrN3O2S. The SMILES string of the molecule is Cc1cc(C)c(-n2cc(Br)c(NS(=O)(=O)c3ccccc3)n2)c(C)c1. The van der Waals surface area contributed by atoms with Crippen molar-refractivity contribution in [1.29, 1.82) is 0 Å². The number of nitrogens with zero attached hydrogens (tertiary/aromatic N) is 2. The van der Waals surface area contributed by atoms with E-state index in [1.165, 1.54) is 5.56 Å². The van der Waals surface area contributed by atoms with Crippen molar-refractivity contribution in [3.05, 3.63) is 69.8 Å². The molecule has 3 rings (SSSR count). The van der Waals surface area contributed by atoms with Crippen LogP contribution in [0.25, 0.3) is 5.69 Å². The van der Waals surface area contributed by atoms with Crippen LogP contribution in [-0.4, -0.2) is 18.2 Å². The molecule has 2 aromatic carbocycles. The van der Waals surface area contributed by atoms with Gasteiger partial charge in [0.1, 0.15) is 0 Å². The lowest BCUT2D eigenvalue weighted by Gasteiger charge is -2.11. The van der Waals surface area contributed by atoms with E-state index in [2.05, 4.69) is 37.9 Å². The van der Waals surface area contributed by atoms with Crippen molar-refractivity contribution in [2.75, 3.05) is 4.72 Å². The Kier molecular flexibility index (Phi) is 4.71. The predicted octanol–water partition coefficient (Wildman–Crippen LogP) is 4.36. The average Bonchev–Trinajstić information content (AvgIpc) is 2.87. The molecular weight excluding hydrogens is 402 g/mol. The molecule has 0 bridgehead atoms. The van der Waals surface area contributed by atoms with Crippen LogP contribution in [0, 0.1) is 20.8 Å². The fourth-order valence-electron chi connectivity index (χ4n) is 2.86. The summed E-state index contributed by atoms with van der Waals surface area (Å²) < 4.78 is 29.8. The summed E-state index contributed by atoms with van der Waals surface area (Å²) in [4.78, 5) is 0.194. The number of hydrogen-bond acceptors (Lipinski definition) is 3. The van der Waals surface area contributed by atoms with Crippen LogP contribution in [0.4, 0.5) is 5.82 Å². The van der Waals surface area contributed by atoms with Crippen molar-refractivity contribution in [2.24, 2.45) is 0 Å². The molecule has 1 aromatic heterocycles. The van der Waals surface area contributed by atoms with Crippen LogP contribution in [0.5, 0.6) is 0 Å². The van der Waals surface area contributed by atoms with Crippen molar-refractivity contribution in [3.8, 4) is 5.69 Å². The monoisotopic (exact) mass is 419 g/mol. The Morgan fingerprint density at radius 1 is 1.04 bits per heavy atom. The molecule has 0 aliphatic rings. The van der Waals surface area contributed by atoms with Gasteiger partial charge in [0.05, 0.1) is 15.1 Å². The fraction of sp³-hybridized carbons (Fsp3) is 0.167. The van der Waals surface area contributed by atoms with E-state index in [1.54, 1.807) is 41.2 Å². The lowest BCUT2D eigenvalue weighted by molar-refractivity contribution is 0.601. The number of aryl methyl sites for hydroxylation is 3. The predicted molar refractivity (Wildman–Crippen MR) is 103 cm³/mol. The van der Waals surface area contributed by atoms with E-state index in [1.807, 2.05) is 20.8 Å². The molecule has 130 valence electrons. The van der Waals surface area contributed by atoms with Gasteiger partial charge in [-0.1, -0.05) is 35.9 Å². The average molecular weight is 420 g/mol. The third-order valence-corrected chi connectivity index (χ3v) is 5.75. The van der Waals surface area contributed by atoms with Crippen molar-refractivity contribution in [3.63, 3.8) is 0 Å².